The van der Waals surface area contributed by atoms with Gasteiger partial charge in [-0.25, -0.2) is 0 Å². The molecule has 0 saturated carbocycles. The zero-order valence-corrected chi connectivity index (χ0v) is 47.2. The molecule has 0 aromatic heterocycles. The Labute approximate surface area is 409 Å². The fourth-order valence-electron chi connectivity index (χ4n) is 5.81. The van der Waals surface area contributed by atoms with Gasteiger partial charge in [0.1, 0.15) is 0 Å². The summed E-state index contributed by atoms with van der Waals surface area (Å²) in [6.07, 6.45) is 0. The van der Waals surface area contributed by atoms with Crippen molar-refractivity contribution in [2.45, 2.75) is 0 Å². The fraction of sp³-hybridized carbons (Fsp3) is 0.0769. The van der Waals surface area contributed by atoms with Gasteiger partial charge in [0.15, 0.2) is 0 Å². The van der Waals surface area contributed by atoms with Crippen LogP contribution >= 0.6 is 69.8 Å². The van der Waals surface area contributed by atoms with Gasteiger partial charge in [-0.05, 0) is 101 Å². The third kappa shape index (κ3) is 21.3. The number of rotatable bonds is 8. The molecule has 0 aliphatic carbocycles. The zero-order valence-electron chi connectivity index (χ0n) is 35.2. The van der Waals surface area contributed by atoms with Crippen molar-refractivity contribution < 1.29 is 31.9 Å². The molecule has 0 radical (unpaired) electrons. The van der Waals surface area contributed by atoms with Crippen molar-refractivity contribution in [2.75, 3.05) is 26.7 Å². The first-order valence-electron chi connectivity index (χ1n) is 19.4. The summed E-state index contributed by atoms with van der Waals surface area (Å²) in [5.41, 5.74) is 0. The summed E-state index contributed by atoms with van der Waals surface area (Å²) >= 11 is -1.44. The third-order valence-corrected chi connectivity index (χ3v) is 17.7. The second-order valence-corrected chi connectivity index (χ2v) is 29.5. The van der Waals surface area contributed by atoms with Crippen LogP contribution in [0, 0.1) is 0 Å². The summed E-state index contributed by atoms with van der Waals surface area (Å²) in [6, 6.07) is 85.6. The number of halogens is 4. The second kappa shape index (κ2) is 34.3. The summed E-state index contributed by atoms with van der Waals surface area (Å²) in [4.78, 5) is 0. The molecule has 0 saturated heterocycles. The molecule has 0 unspecified atom stereocenters. The Morgan fingerprint density at radius 3 is 0.371 bits per heavy atom. The molecule has 0 heterocycles. The molecule has 0 amide bonds. The van der Waals surface area contributed by atoms with Gasteiger partial charge in [0.25, 0.3) is 0 Å². The van der Waals surface area contributed by atoms with E-state index in [9.17, 15) is 0 Å². The fourth-order valence-corrected chi connectivity index (χ4v) is 12.0. The molecule has 8 aromatic rings. The molecule has 0 aliphatic rings. The first-order valence-corrected chi connectivity index (χ1v) is 40.1. The first kappa shape index (κ1) is 54.3. The number of hydrogen-bond donors (Lipinski definition) is 0. The van der Waals surface area contributed by atoms with Crippen LogP contribution in [0.5, 0.6) is 0 Å². The molecule has 62 heavy (non-hydrogen) atoms. The maximum atomic E-state index is 4.92. The van der Waals surface area contributed by atoms with Crippen LogP contribution in [0.2, 0.25) is 0 Å². The normalized spacial score (nSPS) is 10.0. The SMILES string of the molecule is CP(c1ccccc1)c1ccccc1.CP(c1ccccc1)c1ccccc1.CP(c1ccccc1)c1ccccc1.CP(c1ccccc1)c1ccccc1.[Cl][Re][Cl].[Cl][Re][Cl]. The molecule has 10 heteroatoms. The quantitative estimate of drug-likeness (QED) is 0.133. The molecule has 8 rings (SSSR count). The van der Waals surface area contributed by atoms with Gasteiger partial charge in [-0.15, -0.1) is 0 Å². The molecule has 0 atom stereocenters. The van der Waals surface area contributed by atoms with E-state index in [1.807, 2.05) is 0 Å². The minimum atomic E-state index is -0.722. The van der Waals surface area contributed by atoms with E-state index in [0.717, 1.165) is 0 Å². The van der Waals surface area contributed by atoms with Crippen molar-refractivity contribution in [1.29, 1.82) is 0 Å². The summed E-state index contributed by atoms with van der Waals surface area (Å²) in [6.45, 7) is 9.22. The molecule has 0 spiro atoms. The van der Waals surface area contributed by atoms with Crippen molar-refractivity contribution in [1.82, 2.24) is 0 Å². The van der Waals surface area contributed by atoms with Crippen LogP contribution in [0.3, 0.4) is 0 Å². The van der Waals surface area contributed by atoms with Crippen molar-refractivity contribution in [3.05, 3.63) is 243 Å². The summed E-state index contributed by atoms with van der Waals surface area (Å²) in [5, 5.41) is 11.5. The Morgan fingerprint density at radius 1 is 0.210 bits per heavy atom. The molecule has 8 aromatic carbocycles. The number of hydrogen-bond acceptors (Lipinski definition) is 0. The topological polar surface area (TPSA) is 0 Å². The van der Waals surface area contributed by atoms with Gasteiger partial charge in [0.05, 0.1) is 0 Å². The number of benzene rings is 8. The molecule has 0 fully saturated rings. The van der Waals surface area contributed by atoms with Gasteiger partial charge in [-0.2, -0.15) is 0 Å². The Hall–Kier alpha value is -2.04. The van der Waals surface area contributed by atoms with E-state index in [4.69, 9.17) is 38.1 Å². The average Bonchev–Trinajstić information content (AvgIpc) is 3.36. The van der Waals surface area contributed by atoms with Gasteiger partial charge in [0.2, 0.25) is 0 Å². The van der Waals surface area contributed by atoms with Gasteiger partial charge < -0.3 is 0 Å². The Morgan fingerprint density at radius 2 is 0.290 bits per heavy atom. The Kier molecular flexibility index (Phi) is 30.1. The monoisotopic (exact) mass is 1310 g/mol. The van der Waals surface area contributed by atoms with Crippen LogP contribution in [0.15, 0.2) is 243 Å². The van der Waals surface area contributed by atoms with Gasteiger partial charge in [-0.3, -0.25) is 0 Å². The maximum absolute atomic E-state index is 4.92. The minimum absolute atomic E-state index is 0.171. The van der Waals surface area contributed by atoms with Crippen LogP contribution in [-0.4, -0.2) is 26.7 Å². The Bertz CT molecular complexity index is 1760. The van der Waals surface area contributed by atoms with E-state index in [-0.39, 0.29) is 31.7 Å². The second-order valence-electron chi connectivity index (χ2n) is 13.0. The van der Waals surface area contributed by atoms with Crippen molar-refractivity contribution in [3.8, 4) is 0 Å². The van der Waals surface area contributed by atoms with Crippen LogP contribution in [0.4, 0.5) is 0 Å². The van der Waals surface area contributed by atoms with E-state index in [1.54, 1.807) is 0 Å². The van der Waals surface area contributed by atoms with Crippen LogP contribution < -0.4 is 42.4 Å². The van der Waals surface area contributed by atoms with Crippen LogP contribution in [-0.2, 0) is 31.9 Å². The molecular weight excluding hydrogens is 1260 g/mol. The first-order chi connectivity index (χ1) is 30.3. The molecule has 0 nitrogen and oxygen atoms in total. The van der Waals surface area contributed by atoms with Crippen LogP contribution in [0.1, 0.15) is 0 Å². The van der Waals surface area contributed by atoms with E-state index in [1.165, 1.54) is 42.4 Å². The standard InChI is InChI=1S/4C13H13P.4ClH.2Re/c4*1-14(12-8-4-2-5-9-12)13-10-6-3-7-11-13;;;;;;/h4*2-11H,1H3;4*1H;;/q;;;;;;;;2*+2/p-4. The Balaban J connectivity index is 0.000000211. The van der Waals surface area contributed by atoms with Gasteiger partial charge >= 0.3 is 70.0 Å². The van der Waals surface area contributed by atoms with E-state index in [2.05, 4.69) is 269 Å². The molecule has 0 aliphatic heterocycles. The van der Waals surface area contributed by atoms with Crippen LogP contribution in [0.25, 0.3) is 0 Å². The average molecular weight is 1320 g/mol. The predicted octanol–water partition coefficient (Wildman–Crippen LogP) is 13.7. The molecule has 0 N–H and O–H groups in total. The molecular formula is C52H52Cl4P4Re2. The van der Waals surface area contributed by atoms with E-state index < -0.39 is 31.9 Å². The van der Waals surface area contributed by atoms with Crippen molar-refractivity contribution in [2.24, 2.45) is 0 Å². The van der Waals surface area contributed by atoms with Crippen molar-refractivity contribution in [3.63, 3.8) is 0 Å². The van der Waals surface area contributed by atoms with Gasteiger partial charge in [0, 0.05) is 0 Å². The summed E-state index contributed by atoms with van der Waals surface area (Å²) in [7, 11) is 19.0. The van der Waals surface area contributed by atoms with E-state index >= 15 is 0 Å². The van der Waals surface area contributed by atoms with E-state index in [0.29, 0.717) is 0 Å². The van der Waals surface area contributed by atoms with Crippen molar-refractivity contribution >= 4 is 112 Å². The summed E-state index contributed by atoms with van der Waals surface area (Å²) < 4.78 is 0. The predicted molar refractivity (Wildman–Crippen MR) is 283 cm³/mol. The molecule has 0 bridgehead atoms. The molecule has 322 valence electrons. The third-order valence-electron chi connectivity index (χ3n) is 9.15. The summed E-state index contributed by atoms with van der Waals surface area (Å²) in [5.74, 6) is 0. The zero-order chi connectivity index (χ0) is 44.6. The van der Waals surface area contributed by atoms with Gasteiger partial charge in [-0.1, -0.05) is 243 Å².